The highest BCUT2D eigenvalue weighted by molar-refractivity contribution is 5.76. The predicted octanol–water partition coefficient (Wildman–Crippen LogP) is -0.735. The fourth-order valence-corrected chi connectivity index (χ4v) is 1.53. The van der Waals surface area contributed by atoms with Crippen LogP contribution in [0.5, 0.6) is 0 Å². The monoisotopic (exact) mass is 262 g/mol. The standard InChI is InChI=1S/C10H14N8O/c1-7(8-3-4-12-6-13-8)17(2)9(19)5-18-10(11)14-15-16-18/h3-4,6-7H,5H2,1-2H3,(H2,11,14,16)/t7-/m1/s1. The van der Waals surface area contributed by atoms with Crippen LogP contribution in [0.25, 0.3) is 0 Å². The van der Waals surface area contributed by atoms with E-state index in [1.54, 1.807) is 24.2 Å². The van der Waals surface area contributed by atoms with Gasteiger partial charge in [-0.15, -0.1) is 0 Å². The maximum absolute atomic E-state index is 12.1. The molecule has 1 atom stereocenters. The molecule has 9 heteroatoms. The molecule has 19 heavy (non-hydrogen) atoms. The maximum Gasteiger partial charge on any atom is 0.244 e. The summed E-state index contributed by atoms with van der Waals surface area (Å²) < 4.78 is 1.24. The summed E-state index contributed by atoms with van der Waals surface area (Å²) in [6.45, 7) is 1.87. The lowest BCUT2D eigenvalue weighted by atomic mass is 10.2. The average molecular weight is 262 g/mol. The number of carbonyl (C=O) groups is 1. The Balaban J connectivity index is 2.05. The second-order valence-corrected chi connectivity index (χ2v) is 4.01. The van der Waals surface area contributed by atoms with E-state index in [1.807, 2.05) is 6.92 Å². The molecule has 0 saturated heterocycles. The van der Waals surface area contributed by atoms with Crippen LogP contribution in [0, 0.1) is 0 Å². The highest BCUT2D eigenvalue weighted by Crippen LogP contribution is 2.15. The molecule has 0 fully saturated rings. The molecular weight excluding hydrogens is 248 g/mol. The van der Waals surface area contributed by atoms with Gasteiger partial charge < -0.3 is 10.6 Å². The number of hydrogen-bond acceptors (Lipinski definition) is 7. The van der Waals surface area contributed by atoms with Crippen LogP contribution in [0.3, 0.4) is 0 Å². The van der Waals surface area contributed by atoms with Crippen LogP contribution >= 0.6 is 0 Å². The van der Waals surface area contributed by atoms with Crippen LogP contribution in [0.2, 0.25) is 0 Å². The minimum Gasteiger partial charge on any atom is -0.367 e. The van der Waals surface area contributed by atoms with Gasteiger partial charge in [0.25, 0.3) is 0 Å². The zero-order chi connectivity index (χ0) is 13.8. The number of nitrogens with two attached hydrogens (primary N) is 1. The molecule has 1 amide bonds. The summed E-state index contributed by atoms with van der Waals surface area (Å²) in [6, 6.07) is 1.59. The van der Waals surface area contributed by atoms with Crippen molar-refractivity contribution in [2.24, 2.45) is 0 Å². The third kappa shape index (κ3) is 2.81. The quantitative estimate of drug-likeness (QED) is 0.771. The number of anilines is 1. The summed E-state index contributed by atoms with van der Waals surface area (Å²) >= 11 is 0. The molecule has 2 aromatic rings. The van der Waals surface area contributed by atoms with Crippen LogP contribution in [-0.4, -0.2) is 48.0 Å². The third-order valence-electron chi connectivity index (χ3n) is 2.85. The van der Waals surface area contributed by atoms with Crippen molar-refractivity contribution in [3.05, 3.63) is 24.3 Å². The first kappa shape index (κ1) is 12.9. The minimum atomic E-state index is -0.173. The fourth-order valence-electron chi connectivity index (χ4n) is 1.53. The molecule has 0 unspecified atom stereocenters. The second-order valence-electron chi connectivity index (χ2n) is 4.01. The van der Waals surface area contributed by atoms with Crippen molar-refractivity contribution in [2.75, 3.05) is 12.8 Å². The Bertz CT molecular complexity index is 554. The van der Waals surface area contributed by atoms with E-state index >= 15 is 0 Å². The molecule has 2 aromatic heterocycles. The Morgan fingerprint density at radius 2 is 2.37 bits per heavy atom. The molecule has 0 spiro atoms. The number of rotatable bonds is 4. The van der Waals surface area contributed by atoms with E-state index in [0.29, 0.717) is 0 Å². The Kier molecular flexibility index (Phi) is 3.64. The van der Waals surface area contributed by atoms with E-state index in [2.05, 4.69) is 25.5 Å². The van der Waals surface area contributed by atoms with Crippen molar-refractivity contribution in [2.45, 2.75) is 19.5 Å². The van der Waals surface area contributed by atoms with Gasteiger partial charge in [0.1, 0.15) is 12.9 Å². The van der Waals surface area contributed by atoms with Crippen molar-refractivity contribution < 1.29 is 4.79 Å². The smallest absolute Gasteiger partial charge is 0.244 e. The third-order valence-corrected chi connectivity index (χ3v) is 2.85. The van der Waals surface area contributed by atoms with Crippen molar-refractivity contribution in [3.8, 4) is 0 Å². The predicted molar refractivity (Wildman–Crippen MR) is 65.4 cm³/mol. The van der Waals surface area contributed by atoms with Crippen LogP contribution in [-0.2, 0) is 11.3 Å². The van der Waals surface area contributed by atoms with Gasteiger partial charge >= 0.3 is 0 Å². The molecular formula is C10H14N8O. The van der Waals surface area contributed by atoms with Crippen molar-refractivity contribution in [1.82, 2.24) is 35.1 Å². The number of amides is 1. The maximum atomic E-state index is 12.1. The van der Waals surface area contributed by atoms with Crippen molar-refractivity contribution in [3.63, 3.8) is 0 Å². The van der Waals surface area contributed by atoms with Crippen LogP contribution in [0.1, 0.15) is 18.7 Å². The normalized spacial score (nSPS) is 12.1. The van der Waals surface area contributed by atoms with E-state index in [0.717, 1.165) is 5.69 Å². The number of aromatic nitrogens is 6. The number of tetrazole rings is 1. The first-order valence-corrected chi connectivity index (χ1v) is 5.63. The number of hydrogen-bond donors (Lipinski definition) is 1. The first-order valence-electron chi connectivity index (χ1n) is 5.63. The van der Waals surface area contributed by atoms with Crippen LogP contribution in [0.4, 0.5) is 5.95 Å². The highest BCUT2D eigenvalue weighted by Gasteiger charge is 2.19. The SMILES string of the molecule is C[C@H](c1ccncn1)N(C)C(=O)Cn1nnnc1N. The lowest BCUT2D eigenvalue weighted by Gasteiger charge is -2.24. The van der Waals surface area contributed by atoms with Gasteiger partial charge in [0.15, 0.2) is 0 Å². The highest BCUT2D eigenvalue weighted by atomic mass is 16.2. The van der Waals surface area contributed by atoms with Gasteiger partial charge in [-0.25, -0.2) is 14.6 Å². The molecule has 2 N–H and O–H groups in total. The molecule has 0 aliphatic rings. The molecule has 0 aliphatic heterocycles. The molecule has 0 aliphatic carbocycles. The summed E-state index contributed by atoms with van der Waals surface area (Å²) in [5, 5.41) is 10.5. The van der Waals surface area contributed by atoms with E-state index in [4.69, 9.17) is 5.73 Å². The molecule has 0 radical (unpaired) electrons. The fraction of sp³-hybridized carbons (Fsp3) is 0.400. The Morgan fingerprint density at radius 3 is 2.95 bits per heavy atom. The van der Waals surface area contributed by atoms with Gasteiger partial charge in [0.2, 0.25) is 11.9 Å². The lowest BCUT2D eigenvalue weighted by molar-refractivity contribution is -0.132. The first-order chi connectivity index (χ1) is 9.09. The largest absolute Gasteiger partial charge is 0.367 e. The summed E-state index contributed by atoms with van der Waals surface area (Å²) in [4.78, 5) is 21.6. The van der Waals surface area contributed by atoms with Crippen LogP contribution in [0.15, 0.2) is 18.6 Å². The van der Waals surface area contributed by atoms with Gasteiger partial charge in [-0.3, -0.25) is 4.79 Å². The summed E-state index contributed by atoms with van der Waals surface area (Å²) in [5.41, 5.74) is 6.27. The number of nitrogen functional groups attached to an aromatic ring is 1. The molecule has 0 saturated carbocycles. The molecule has 9 nitrogen and oxygen atoms in total. The lowest BCUT2D eigenvalue weighted by Crippen LogP contribution is -2.33. The second kappa shape index (κ2) is 5.38. The van der Waals surface area contributed by atoms with E-state index in [-0.39, 0.29) is 24.4 Å². The molecule has 2 heterocycles. The number of nitrogens with zero attached hydrogens (tertiary/aromatic N) is 7. The number of carbonyl (C=O) groups excluding carboxylic acids is 1. The van der Waals surface area contributed by atoms with E-state index in [1.165, 1.54) is 11.0 Å². The molecule has 0 aromatic carbocycles. The van der Waals surface area contributed by atoms with Crippen molar-refractivity contribution >= 4 is 11.9 Å². The zero-order valence-electron chi connectivity index (χ0n) is 10.6. The van der Waals surface area contributed by atoms with Gasteiger partial charge in [0, 0.05) is 13.2 Å². The average Bonchev–Trinajstić information content (AvgIpc) is 2.83. The molecule has 100 valence electrons. The Morgan fingerprint density at radius 1 is 1.58 bits per heavy atom. The summed E-state index contributed by atoms with van der Waals surface area (Å²) in [5.74, 6) is -0.0541. The Hall–Kier alpha value is -2.58. The van der Waals surface area contributed by atoms with E-state index < -0.39 is 0 Å². The van der Waals surface area contributed by atoms with E-state index in [9.17, 15) is 4.79 Å². The summed E-state index contributed by atoms with van der Waals surface area (Å²) in [6.07, 6.45) is 3.08. The topological polar surface area (TPSA) is 116 Å². The van der Waals surface area contributed by atoms with Crippen molar-refractivity contribution in [1.29, 1.82) is 0 Å². The number of likely N-dealkylation sites (N-methyl/N-ethyl adjacent to an activating group) is 1. The van der Waals surface area contributed by atoms with Gasteiger partial charge in [0.05, 0.1) is 11.7 Å². The zero-order valence-corrected chi connectivity index (χ0v) is 10.6. The summed E-state index contributed by atoms with van der Waals surface area (Å²) in [7, 11) is 1.69. The minimum absolute atomic E-state index is 0.00917. The molecule has 0 bridgehead atoms. The van der Waals surface area contributed by atoms with Gasteiger partial charge in [-0.2, -0.15) is 0 Å². The van der Waals surface area contributed by atoms with Gasteiger partial charge in [-0.05, 0) is 23.4 Å². The molecule has 2 rings (SSSR count). The van der Waals surface area contributed by atoms with Gasteiger partial charge in [-0.1, -0.05) is 5.10 Å². The van der Waals surface area contributed by atoms with Crippen LogP contribution < -0.4 is 5.73 Å². The Labute approximate surface area is 109 Å².